The summed E-state index contributed by atoms with van der Waals surface area (Å²) in [5, 5.41) is 27.9. The molecule has 0 aromatic carbocycles. The Morgan fingerprint density at radius 1 is 1.25 bits per heavy atom. The van der Waals surface area contributed by atoms with Gasteiger partial charge in [0.2, 0.25) is 0 Å². The van der Waals surface area contributed by atoms with Gasteiger partial charge in [-0.1, -0.05) is 25.2 Å². The standard InChI is InChI=1S/C19H28O5/c1-12-5-6-13-11-14(19(23)24)7-9-17(13)16(12)10-8-15(20)3-2-4-18(21)22/h5-6,11-12,14-17,20H,2-4,7-10H2,1H3,(H,21,22)(H,23,24)/t12-,14?,15-,16-,17-/m0/s1. The molecule has 2 aliphatic rings. The molecule has 0 saturated heterocycles. The summed E-state index contributed by atoms with van der Waals surface area (Å²) in [7, 11) is 0. The summed E-state index contributed by atoms with van der Waals surface area (Å²) in [6, 6.07) is 0. The van der Waals surface area contributed by atoms with Crippen molar-refractivity contribution in [3.05, 3.63) is 23.8 Å². The van der Waals surface area contributed by atoms with Crippen molar-refractivity contribution in [3.63, 3.8) is 0 Å². The molecule has 0 radical (unpaired) electrons. The van der Waals surface area contributed by atoms with Crippen LogP contribution in [-0.4, -0.2) is 33.4 Å². The molecule has 5 heteroatoms. The van der Waals surface area contributed by atoms with E-state index in [1.54, 1.807) is 0 Å². The van der Waals surface area contributed by atoms with Gasteiger partial charge in [-0.05, 0) is 61.9 Å². The molecule has 0 spiro atoms. The normalized spacial score (nSPS) is 30.3. The van der Waals surface area contributed by atoms with Crippen LogP contribution in [0.1, 0.15) is 51.9 Å². The van der Waals surface area contributed by atoms with E-state index in [0.717, 1.165) is 18.4 Å². The van der Waals surface area contributed by atoms with Crippen LogP contribution in [0.5, 0.6) is 0 Å². The van der Waals surface area contributed by atoms with E-state index in [9.17, 15) is 19.8 Å². The first-order chi connectivity index (χ1) is 11.4. The van der Waals surface area contributed by atoms with Crippen molar-refractivity contribution in [2.24, 2.45) is 23.7 Å². The molecule has 0 fully saturated rings. The number of carboxylic acids is 2. The minimum absolute atomic E-state index is 0.103. The van der Waals surface area contributed by atoms with Crippen LogP contribution in [0.4, 0.5) is 0 Å². The first kappa shape index (κ1) is 18.7. The number of rotatable bonds is 8. The van der Waals surface area contributed by atoms with Gasteiger partial charge >= 0.3 is 11.9 Å². The number of fused-ring (bicyclic) bond motifs is 1. The summed E-state index contributed by atoms with van der Waals surface area (Å²) in [4.78, 5) is 21.7. The molecule has 1 unspecified atom stereocenters. The van der Waals surface area contributed by atoms with Crippen LogP contribution in [0.2, 0.25) is 0 Å². The SMILES string of the molecule is C[C@H]1C=CC2=CC(C(=O)O)CC[C@@H]2[C@H]1CC[C@@H](O)CCCC(=O)O. The van der Waals surface area contributed by atoms with Crippen molar-refractivity contribution in [1.29, 1.82) is 0 Å². The molecule has 0 aromatic heterocycles. The fraction of sp³-hybridized carbons (Fsp3) is 0.684. The monoisotopic (exact) mass is 336 g/mol. The summed E-state index contributed by atoms with van der Waals surface area (Å²) >= 11 is 0. The predicted octanol–water partition coefficient (Wildman–Crippen LogP) is 3.24. The molecule has 0 aromatic rings. The molecule has 134 valence electrons. The fourth-order valence-electron chi connectivity index (χ4n) is 4.05. The average Bonchev–Trinajstić information content (AvgIpc) is 2.53. The zero-order valence-corrected chi connectivity index (χ0v) is 14.2. The van der Waals surface area contributed by atoms with Gasteiger partial charge in [-0.25, -0.2) is 0 Å². The fourth-order valence-corrected chi connectivity index (χ4v) is 4.05. The molecular weight excluding hydrogens is 308 g/mol. The van der Waals surface area contributed by atoms with Crippen LogP contribution in [0.25, 0.3) is 0 Å². The maximum atomic E-state index is 11.2. The third kappa shape index (κ3) is 4.94. The lowest BCUT2D eigenvalue weighted by Gasteiger charge is -2.38. The van der Waals surface area contributed by atoms with Crippen molar-refractivity contribution >= 4 is 11.9 Å². The number of carboxylic acid groups (broad SMARTS) is 2. The van der Waals surface area contributed by atoms with Gasteiger partial charge in [-0.2, -0.15) is 0 Å². The third-order valence-corrected chi connectivity index (χ3v) is 5.47. The van der Waals surface area contributed by atoms with Crippen LogP contribution in [0.3, 0.4) is 0 Å². The highest BCUT2D eigenvalue weighted by Crippen LogP contribution is 2.43. The van der Waals surface area contributed by atoms with Gasteiger partial charge in [0.25, 0.3) is 0 Å². The Kier molecular flexibility index (Phi) is 6.60. The Bertz CT molecular complexity index is 522. The van der Waals surface area contributed by atoms with E-state index in [1.807, 2.05) is 6.08 Å². The largest absolute Gasteiger partial charge is 0.481 e. The molecule has 0 heterocycles. The number of aliphatic hydroxyl groups excluding tert-OH is 1. The number of aliphatic carboxylic acids is 2. The van der Waals surface area contributed by atoms with Crippen LogP contribution in [0.15, 0.2) is 23.8 Å². The van der Waals surface area contributed by atoms with Gasteiger partial charge in [0, 0.05) is 6.42 Å². The van der Waals surface area contributed by atoms with E-state index in [2.05, 4.69) is 19.1 Å². The molecular formula is C19H28O5. The molecule has 0 aliphatic heterocycles. The molecule has 3 N–H and O–H groups in total. The van der Waals surface area contributed by atoms with Crippen molar-refractivity contribution in [1.82, 2.24) is 0 Å². The van der Waals surface area contributed by atoms with E-state index < -0.39 is 18.0 Å². The second-order valence-electron chi connectivity index (χ2n) is 7.19. The van der Waals surface area contributed by atoms with Crippen LogP contribution >= 0.6 is 0 Å². The molecule has 5 atom stereocenters. The molecule has 5 nitrogen and oxygen atoms in total. The van der Waals surface area contributed by atoms with Crippen molar-refractivity contribution in [3.8, 4) is 0 Å². The van der Waals surface area contributed by atoms with Gasteiger partial charge in [0.05, 0.1) is 12.0 Å². The van der Waals surface area contributed by atoms with Crippen molar-refractivity contribution in [2.45, 2.75) is 58.0 Å². The number of allylic oxidation sites excluding steroid dienone is 3. The van der Waals surface area contributed by atoms with Gasteiger partial charge < -0.3 is 15.3 Å². The zero-order valence-electron chi connectivity index (χ0n) is 14.2. The molecule has 24 heavy (non-hydrogen) atoms. The molecule has 0 saturated carbocycles. The maximum absolute atomic E-state index is 11.2. The number of carbonyl (C=O) groups is 2. The second-order valence-corrected chi connectivity index (χ2v) is 7.19. The van der Waals surface area contributed by atoms with E-state index in [-0.39, 0.29) is 12.3 Å². The summed E-state index contributed by atoms with van der Waals surface area (Å²) in [5.74, 6) is -0.732. The second kappa shape index (κ2) is 8.47. The van der Waals surface area contributed by atoms with Gasteiger partial charge in [-0.15, -0.1) is 0 Å². The third-order valence-electron chi connectivity index (χ3n) is 5.47. The van der Waals surface area contributed by atoms with E-state index in [4.69, 9.17) is 5.11 Å². The topological polar surface area (TPSA) is 94.8 Å². The minimum atomic E-state index is -0.821. The van der Waals surface area contributed by atoms with E-state index in [1.165, 1.54) is 0 Å². The lowest BCUT2D eigenvalue weighted by Crippen LogP contribution is -2.31. The van der Waals surface area contributed by atoms with Gasteiger partial charge in [-0.3, -0.25) is 9.59 Å². The first-order valence-corrected chi connectivity index (χ1v) is 8.91. The smallest absolute Gasteiger partial charge is 0.310 e. The first-order valence-electron chi connectivity index (χ1n) is 8.91. The average molecular weight is 336 g/mol. The zero-order chi connectivity index (χ0) is 17.7. The summed E-state index contributed by atoms with van der Waals surface area (Å²) in [6.45, 7) is 2.18. The Balaban J connectivity index is 1.90. The molecule has 2 rings (SSSR count). The van der Waals surface area contributed by atoms with E-state index in [0.29, 0.717) is 43.4 Å². The van der Waals surface area contributed by atoms with Gasteiger partial charge in [0.15, 0.2) is 0 Å². The number of hydrogen-bond donors (Lipinski definition) is 3. The Morgan fingerprint density at radius 3 is 2.67 bits per heavy atom. The number of aliphatic hydroxyl groups is 1. The van der Waals surface area contributed by atoms with E-state index >= 15 is 0 Å². The van der Waals surface area contributed by atoms with Crippen molar-refractivity contribution < 1.29 is 24.9 Å². The lowest BCUT2D eigenvalue weighted by atomic mass is 9.66. The Hall–Kier alpha value is -1.62. The molecule has 0 amide bonds. The summed E-state index contributed by atoms with van der Waals surface area (Å²) in [6.07, 6.45) is 9.93. The van der Waals surface area contributed by atoms with Gasteiger partial charge in [0.1, 0.15) is 0 Å². The molecule has 2 aliphatic carbocycles. The maximum Gasteiger partial charge on any atom is 0.310 e. The van der Waals surface area contributed by atoms with Crippen LogP contribution in [0, 0.1) is 23.7 Å². The highest BCUT2D eigenvalue weighted by molar-refractivity contribution is 5.72. The van der Waals surface area contributed by atoms with Crippen LogP contribution in [-0.2, 0) is 9.59 Å². The molecule has 0 bridgehead atoms. The van der Waals surface area contributed by atoms with Crippen molar-refractivity contribution in [2.75, 3.05) is 0 Å². The Morgan fingerprint density at radius 2 is 2.00 bits per heavy atom. The summed E-state index contributed by atoms with van der Waals surface area (Å²) in [5.41, 5.74) is 1.14. The Labute approximate surface area is 143 Å². The highest BCUT2D eigenvalue weighted by Gasteiger charge is 2.35. The minimum Gasteiger partial charge on any atom is -0.481 e. The van der Waals surface area contributed by atoms with Crippen LogP contribution < -0.4 is 0 Å². The highest BCUT2D eigenvalue weighted by atomic mass is 16.4. The lowest BCUT2D eigenvalue weighted by molar-refractivity contribution is -0.140. The predicted molar refractivity (Wildman–Crippen MR) is 90.5 cm³/mol. The number of hydrogen-bond acceptors (Lipinski definition) is 3. The summed E-state index contributed by atoms with van der Waals surface area (Å²) < 4.78 is 0. The quantitative estimate of drug-likeness (QED) is 0.632.